The Morgan fingerprint density at radius 3 is 2.33 bits per heavy atom. The molecule has 1 aliphatic heterocycles. The van der Waals surface area contributed by atoms with Gasteiger partial charge in [-0.2, -0.15) is 0 Å². The lowest BCUT2D eigenvalue weighted by molar-refractivity contribution is -0.132. The number of aliphatic hydroxyl groups is 1. The van der Waals surface area contributed by atoms with E-state index in [9.17, 15) is 19.8 Å². The first-order chi connectivity index (χ1) is 15.9. The molecule has 1 amide bonds. The highest BCUT2D eigenvalue weighted by molar-refractivity contribution is 6.51. The number of aryl methyl sites for hydroxylation is 1. The van der Waals surface area contributed by atoms with Crippen LogP contribution in [0.3, 0.4) is 0 Å². The van der Waals surface area contributed by atoms with Crippen LogP contribution in [0, 0.1) is 6.92 Å². The largest absolute Gasteiger partial charge is 0.508 e. The monoisotopic (exact) mass is 435 g/mol. The summed E-state index contributed by atoms with van der Waals surface area (Å²) in [5.74, 6) is -1.73. The van der Waals surface area contributed by atoms with Gasteiger partial charge in [0.25, 0.3) is 11.7 Å². The molecule has 4 aromatic carbocycles. The third-order valence-electron chi connectivity index (χ3n) is 5.93. The summed E-state index contributed by atoms with van der Waals surface area (Å²) in [6.07, 6.45) is 0. The lowest BCUT2D eigenvalue weighted by atomic mass is 9.94. The number of hydrogen-bond donors (Lipinski definition) is 2. The van der Waals surface area contributed by atoms with Gasteiger partial charge in [0.2, 0.25) is 0 Å². The van der Waals surface area contributed by atoms with E-state index in [1.807, 2.05) is 55.5 Å². The number of ketones is 1. The summed E-state index contributed by atoms with van der Waals surface area (Å²) in [7, 11) is 0. The van der Waals surface area contributed by atoms with Crippen molar-refractivity contribution in [3.8, 4) is 5.75 Å². The molecule has 0 spiro atoms. The number of rotatable bonds is 3. The molecule has 1 unspecified atom stereocenters. The maximum absolute atomic E-state index is 13.2. The van der Waals surface area contributed by atoms with Gasteiger partial charge in [-0.1, -0.05) is 60.7 Å². The molecule has 0 bridgehead atoms. The Morgan fingerprint density at radius 2 is 1.58 bits per heavy atom. The number of nitrogens with zero attached hydrogens (tertiary/aromatic N) is 1. The molecule has 2 N–H and O–H groups in total. The molecule has 0 aliphatic carbocycles. The molecule has 1 atom stereocenters. The number of anilines is 1. The van der Waals surface area contributed by atoms with E-state index in [1.54, 1.807) is 30.3 Å². The number of Topliss-reactive ketones (excluding diaryl/α,β-unsaturated/α-hetero) is 1. The first kappa shape index (κ1) is 20.5. The average Bonchev–Trinajstić information content (AvgIpc) is 3.09. The second kappa shape index (κ2) is 7.95. The predicted octanol–water partition coefficient (Wildman–Crippen LogP) is 5.48. The topological polar surface area (TPSA) is 77.8 Å². The number of fused-ring (bicyclic) bond motifs is 1. The van der Waals surface area contributed by atoms with Crippen molar-refractivity contribution in [2.75, 3.05) is 4.90 Å². The minimum Gasteiger partial charge on any atom is -0.508 e. The van der Waals surface area contributed by atoms with Crippen molar-refractivity contribution >= 4 is 33.9 Å². The van der Waals surface area contributed by atoms with Gasteiger partial charge < -0.3 is 10.2 Å². The Hall–Kier alpha value is -4.38. The summed E-state index contributed by atoms with van der Waals surface area (Å²) in [6.45, 7) is 1.90. The Kier molecular flexibility index (Phi) is 4.94. The quantitative estimate of drug-likeness (QED) is 0.254. The fourth-order valence-electron chi connectivity index (χ4n) is 4.38. The Balaban J connectivity index is 1.74. The lowest BCUT2D eigenvalue weighted by Crippen LogP contribution is -2.29. The van der Waals surface area contributed by atoms with E-state index in [4.69, 9.17) is 0 Å². The number of phenolic OH excluding ortho intramolecular Hbond substituents is 1. The van der Waals surface area contributed by atoms with Gasteiger partial charge in [0.15, 0.2) is 0 Å². The average molecular weight is 435 g/mol. The summed E-state index contributed by atoms with van der Waals surface area (Å²) in [6, 6.07) is 25.9. The maximum Gasteiger partial charge on any atom is 0.300 e. The summed E-state index contributed by atoms with van der Waals surface area (Å²) in [5.41, 5.74) is 2.43. The molecular weight excluding hydrogens is 414 g/mol. The molecule has 0 aromatic heterocycles. The van der Waals surface area contributed by atoms with Gasteiger partial charge in [0.1, 0.15) is 11.5 Å². The van der Waals surface area contributed by atoms with E-state index < -0.39 is 17.7 Å². The van der Waals surface area contributed by atoms with Crippen LogP contribution in [0.5, 0.6) is 5.75 Å². The summed E-state index contributed by atoms with van der Waals surface area (Å²) in [4.78, 5) is 27.8. The Labute approximate surface area is 190 Å². The molecule has 1 aliphatic rings. The zero-order valence-corrected chi connectivity index (χ0v) is 17.9. The van der Waals surface area contributed by atoms with Gasteiger partial charge in [0, 0.05) is 11.3 Å². The molecular formula is C28H21NO4. The van der Waals surface area contributed by atoms with Crippen LogP contribution in [-0.4, -0.2) is 21.9 Å². The van der Waals surface area contributed by atoms with E-state index in [-0.39, 0.29) is 17.1 Å². The Bertz CT molecular complexity index is 1450. The minimum atomic E-state index is -0.884. The van der Waals surface area contributed by atoms with Gasteiger partial charge in [-0.3, -0.25) is 14.5 Å². The molecule has 1 saturated heterocycles. The molecule has 0 radical (unpaired) electrons. The minimum absolute atomic E-state index is 0.00744. The van der Waals surface area contributed by atoms with Crippen molar-refractivity contribution < 1.29 is 19.8 Å². The van der Waals surface area contributed by atoms with Crippen LogP contribution in [-0.2, 0) is 9.59 Å². The van der Waals surface area contributed by atoms with Gasteiger partial charge in [-0.15, -0.1) is 0 Å². The van der Waals surface area contributed by atoms with Crippen LogP contribution >= 0.6 is 0 Å². The van der Waals surface area contributed by atoms with Crippen LogP contribution < -0.4 is 4.90 Å². The highest BCUT2D eigenvalue weighted by atomic mass is 16.3. The van der Waals surface area contributed by atoms with Crippen LogP contribution in [0.4, 0.5) is 5.69 Å². The molecule has 1 fully saturated rings. The number of hydrogen-bond acceptors (Lipinski definition) is 4. The molecule has 5 heteroatoms. The first-order valence-electron chi connectivity index (χ1n) is 10.6. The second-order valence-electron chi connectivity index (χ2n) is 8.17. The fourth-order valence-corrected chi connectivity index (χ4v) is 4.38. The first-order valence-corrected chi connectivity index (χ1v) is 10.6. The zero-order valence-electron chi connectivity index (χ0n) is 17.9. The normalized spacial score (nSPS) is 17.6. The Morgan fingerprint density at radius 1 is 0.818 bits per heavy atom. The molecule has 5 rings (SSSR count). The number of benzene rings is 4. The van der Waals surface area contributed by atoms with Crippen LogP contribution in [0.1, 0.15) is 22.7 Å². The lowest BCUT2D eigenvalue weighted by Gasteiger charge is -2.25. The second-order valence-corrected chi connectivity index (χ2v) is 8.17. The van der Waals surface area contributed by atoms with E-state index in [1.165, 1.54) is 17.0 Å². The van der Waals surface area contributed by atoms with Crippen molar-refractivity contribution in [3.63, 3.8) is 0 Å². The SMILES string of the molecule is Cc1cccc(N2C(=O)C(=O)/C(=C(\O)c3ccc4ccccc4c3)C2c2cccc(O)c2)c1. The number of aromatic hydroxyl groups is 1. The highest BCUT2D eigenvalue weighted by Gasteiger charge is 2.47. The molecule has 1 heterocycles. The third-order valence-corrected chi connectivity index (χ3v) is 5.93. The van der Waals surface area contributed by atoms with Gasteiger partial charge in [-0.25, -0.2) is 0 Å². The zero-order chi connectivity index (χ0) is 23.1. The third kappa shape index (κ3) is 3.53. The standard InChI is InChI=1S/C28H21NO4/c1-17-6-4-10-22(14-17)29-25(20-9-5-11-23(30)16-20)24(27(32)28(29)33)26(31)21-13-12-18-7-2-3-8-19(18)15-21/h2-16,25,30-31H,1H3/b26-24-. The van der Waals surface area contributed by atoms with Gasteiger partial charge >= 0.3 is 0 Å². The van der Waals surface area contributed by atoms with E-state index in [2.05, 4.69) is 0 Å². The molecule has 4 aromatic rings. The molecule has 5 nitrogen and oxygen atoms in total. The predicted molar refractivity (Wildman–Crippen MR) is 128 cm³/mol. The van der Waals surface area contributed by atoms with E-state index in [0.29, 0.717) is 16.8 Å². The summed E-state index contributed by atoms with van der Waals surface area (Å²) in [5, 5.41) is 23.3. The molecule has 162 valence electrons. The molecule has 33 heavy (non-hydrogen) atoms. The highest BCUT2D eigenvalue weighted by Crippen LogP contribution is 2.43. The van der Waals surface area contributed by atoms with Crippen molar-refractivity contribution in [2.45, 2.75) is 13.0 Å². The van der Waals surface area contributed by atoms with E-state index in [0.717, 1.165) is 16.3 Å². The van der Waals surface area contributed by atoms with Gasteiger partial charge in [-0.05, 0) is 59.2 Å². The number of phenols is 1. The van der Waals surface area contributed by atoms with Crippen molar-refractivity contribution in [3.05, 3.63) is 113 Å². The van der Waals surface area contributed by atoms with Crippen LogP contribution in [0.15, 0.2) is 96.6 Å². The fraction of sp³-hybridized carbons (Fsp3) is 0.0714. The van der Waals surface area contributed by atoms with Crippen LogP contribution in [0.25, 0.3) is 16.5 Å². The van der Waals surface area contributed by atoms with Crippen molar-refractivity contribution in [1.82, 2.24) is 0 Å². The van der Waals surface area contributed by atoms with Crippen molar-refractivity contribution in [1.29, 1.82) is 0 Å². The van der Waals surface area contributed by atoms with E-state index >= 15 is 0 Å². The number of aliphatic hydroxyl groups excluding tert-OH is 1. The van der Waals surface area contributed by atoms with Crippen LogP contribution in [0.2, 0.25) is 0 Å². The molecule has 0 saturated carbocycles. The number of carbonyl (C=O) groups excluding carboxylic acids is 2. The summed E-state index contributed by atoms with van der Waals surface area (Å²) < 4.78 is 0. The number of carbonyl (C=O) groups is 2. The number of amides is 1. The van der Waals surface area contributed by atoms with Gasteiger partial charge in [0.05, 0.1) is 11.6 Å². The maximum atomic E-state index is 13.2. The summed E-state index contributed by atoms with van der Waals surface area (Å²) >= 11 is 0. The smallest absolute Gasteiger partial charge is 0.300 e. The van der Waals surface area contributed by atoms with Crippen molar-refractivity contribution in [2.24, 2.45) is 0 Å².